The van der Waals surface area contributed by atoms with E-state index in [4.69, 9.17) is 0 Å². The van der Waals surface area contributed by atoms with Crippen molar-refractivity contribution < 1.29 is 9.18 Å². The Kier molecular flexibility index (Phi) is 2.03. The van der Waals surface area contributed by atoms with E-state index in [1.807, 2.05) is 0 Å². The standard InChI is InChI=1S/C6H10FNO/c7-5-3-1-2-4-8-6(5)9/h5H,1-4H2,(H,8,9). The van der Waals surface area contributed by atoms with Crippen molar-refractivity contribution in [1.82, 2.24) is 5.32 Å². The molecule has 0 aromatic heterocycles. The van der Waals surface area contributed by atoms with Crippen molar-refractivity contribution in [1.29, 1.82) is 0 Å². The van der Waals surface area contributed by atoms with Gasteiger partial charge in [-0.3, -0.25) is 4.79 Å². The van der Waals surface area contributed by atoms with Crippen LogP contribution in [0.25, 0.3) is 0 Å². The summed E-state index contributed by atoms with van der Waals surface area (Å²) in [7, 11) is 0. The smallest absolute Gasteiger partial charge is 0.254 e. The van der Waals surface area contributed by atoms with Crippen molar-refractivity contribution in [3.8, 4) is 0 Å². The zero-order valence-corrected chi connectivity index (χ0v) is 5.19. The van der Waals surface area contributed by atoms with E-state index < -0.39 is 12.1 Å². The van der Waals surface area contributed by atoms with E-state index >= 15 is 0 Å². The van der Waals surface area contributed by atoms with E-state index in [9.17, 15) is 9.18 Å². The Morgan fingerprint density at radius 3 is 3.11 bits per heavy atom. The van der Waals surface area contributed by atoms with Gasteiger partial charge in [0, 0.05) is 6.54 Å². The van der Waals surface area contributed by atoms with Crippen molar-refractivity contribution in [2.45, 2.75) is 25.4 Å². The Morgan fingerprint density at radius 1 is 1.56 bits per heavy atom. The molecule has 0 bridgehead atoms. The third-order valence-corrected chi connectivity index (χ3v) is 1.47. The maximum absolute atomic E-state index is 12.4. The SMILES string of the molecule is O=C1NCCCCC1F. The molecule has 0 aromatic carbocycles. The molecule has 1 amide bonds. The van der Waals surface area contributed by atoms with Crippen molar-refractivity contribution in [3.63, 3.8) is 0 Å². The molecule has 1 heterocycles. The average molecular weight is 131 g/mol. The van der Waals surface area contributed by atoms with Crippen molar-refractivity contribution in [2.24, 2.45) is 0 Å². The first kappa shape index (κ1) is 6.52. The summed E-state index contributed by atoms with van der Waals surface area (Å²) in [5, 5.41) is 2.48. The maximum Gasteiger partial charge on any atom is 0.254 e. The number of rotatable bonds is 0. The Bertz CT molecular complexity index is 116. The first-order chi connectivity index (χ1) is 4.30. The molecule has 0 aliphatic carbocycles. The minimum atomic E-state index is -1.26. The van der Waals surface area contributed by atoms with E-state index in [0.29, 0.717) is 13.0 Å². The van der Waals surface area contributed by atoms with Gasteiger partial charge >= 0.3 is 0 Å². The zero-order chi connectivity index (χ0) is 6.69. The highest BCUT2D eigenvalue weighted by Crippen LogP contribution is 2.07. The Morgan fingerprint density at radius 2 is 2.33 bits per heavy atom. The number of alkyl halides is 1. The molecule has 1 fully saturated rings. The molecule has 0 aromatic rings. The first-order valence-corrected chi connectivity index (χ1v) is 3.22. The quantitative estimate of drug-likeness (QED) is 0.513. The number of carbonyl (C=O) groups is 1. The van der Waals surface area contributed by atoms with Crippen LogP contribution in [-0.4, -0.2) is 18.6 Å². The van der Waals surface area contributed by atoms with Gasteiger partial charge in [0.05, 0.1) is 0 Å². The van der Waals surface area contributed by atoms with Gasteiger partial charge in [-0.2, -0.15) is 0 Å². The second-order valence-electron chi connectivity index (χ2n) is 2.25. The van der Waals surface area contributed by atoms with Gasteiger partial charge in [0.2, 0.25) is 0 Å². The topological polar surface area (TPSA) is 29.1 Å². The number of amides is 1. The molecule has 52 valence electrons. The Labute approximate surface area is 53.4 Å². The minimum absolute atomic E-state index is 0.395. The molecule has 1 N–H and O–H groups in total. The predicted molar refractivity (Wildman–Crippen MR) is 31.8 cm³/mol. The fourth-order valence-electron chi connectivity index (χ4n) is 0.902. The van der Waals surface area contributed by atoms with Crippen LogP contribution in [0.2, 0.25) is 0 Å². The molecule has 1 aliphatic rings. The van der Waals surface area contributed by atoms with Crippen LogP contribution in [0.1, 0.15) is 19.3 Å². The van der Waals surface area contributed by atoms with E-state index in [1.165, 1.54) is 0 Å². The zero-order valence-electron chi connectivity index (χ0n) is 5.19. The van der Waals surface area contributed by atoms with Gasteiger partial charge < -0.3 is 5.32 Å². The lowest BCUT2D eigenvalue weighted by Gasteiger charge is -2.00. The summed E-state index contributed by atoms with van der Waals surface area (Å²) in [5.74, 6) is -0.437. The number of halogens is 1. The first-order valence-electron chi connectivity index (χ1n) is 3.22. The van der Waals surface area contributed by atoms with Crippen LogP contribution in [0.5, 0.6) is 0 Å². The summed E-state index contributed by atoms with van der Waals surface area (Å²) in [6.07, 6.45) is 0.866. The summed E-state index contributed by atoms with van der Waals surface area (Å²) in [6.45, 7) is 0.638. The van der Waals surface area contributed by atoms with Crippen LogP contribution in [0.15, 0.2) is 0 Å². The van der Waals surface area contributed by atoms with Crippen LogP contribution in [0.4, 0.5) is 4.39 Å². The molecule has 1 aliphatic heterocycles. The highest BCUT2D eigenvalue weighted by atomic mass is 19.1. The van der Waals surface area contributed by atoms with Crippen LogP contribution >= 0.6 is 0 Å². The van der Waals surface area contributed by atoms with Gasteiger partial charge in [0.1, 0.15) is 0 Å². The second-order valence-corrected chi connectivity index (χ2v) is 2.25. The normalized spacial score (nSPS) is 29.0. The molecule has 0 saturated carbocycles. The summed E-state index contributed by atoms with van der Waals surface area (Å²) in [5.41, 5.74) is 0. The Hall–Kier alpha value is -0.600. The largest absolute Gasteiger partial charge is 0.354 e. The summed E-state index contributed by atoms with van der Waals surface area (Å²) >= 11 is 0. The van der Waals surface area contributed by atoms with Crippen LogP contribution in [0, 0.1) is 0 Å². The minimum Gasteiger partial charge on any atom is -0.354 e. The van der Waals surface area contributed by atoms with Crippen LogP contribution in [0.3, 0.4) is 0 Å². The molecular weight excluding hydrogens is 121 g/mol. The molecule has 0 spiro atoms. The molecule has 1 rings (SSSR count). The highest BCUT2D eigenvalue weighted by Gasteiger charge is 2.18. The van der Waals surface area contributed by atoms with Gasteiger partial charge in [-0.05, 0) is 19.3 Å². The van der Waals surface area contributed by atoms with Gasteiger partial charge in [-0.1, -0.05) is 0 Å². The fourth-order valence-corrected chi connectivity index (χ4v) is 0.902. The molecule has 1 unspecified atom stereocenters. The number of hydrogen-bond donors (Lipinski definition) is 1. The van der Waals surface area contributed by atoms with Gasteiger partial charge in [0.25, 0.3) is 5.91 Å². The molecular formula is C6H10FNO. The molecule has 9 heavy (non-hydrogen) atoms. The second kappa shape index (κ2) is 2.80. The summed E-state index contributed by atoms with van der Waals surface area (Å²) < 4.78 is 12.4. The lowest BCUT2D eigenvalue weighted by molar-refractivity contribution is -0.125. The van der Waals surface area contributed by atoms with Crippen molar-refractivity contribution >= 4 is 5.91 Å². The van der Waals surface area contributed by atoms with Gasteiger partial charge in [-0.15, -0.1) is 0 Å². The molecule has 1 atom stereocenters. The molecule has 0 radical (unpaired) electrons. The van der Waals surface area contributed by atoms with Crippen molar-refractivity contribution in [2.75, 3.05) is 6.54 Å². The van der Waals surface area contributed by atoms with E-state index in [2.05, 4.69) is 5.32 Å². The third kappa shape index (κ3) is 1.66. The number of hydrogen-bond acceptors (Lipinski definition) is 1. The third-order valence-electron chi connectivity index (χ3n) is 1.47. The van der Waals surface area contributed by atoms with E-state index in [-0.39, 0.29) is 0 Å². The van der Waals surface area contributed by atoms with Gasteiger partial charge in [0.15, 0.2) is 6.17 Å². The molecule has 1 saturated heterocycles. The summed E-state index contributed by atoms with van der Waals surface area (Å²) in [6, 6.07) is 0. The number of carbonyl (C=O) groups excluding carboxylic acids is 1. The van der Waals surface area contributed by atoms with Crippen LogP contribution < -0.4 is 5.32 Å². The number of nitrogens with one attached hydrogen (secondary N) is 1. The monoisotopic (exact) mass is 131 g/mol. The lowest BCUT2D eigenvalue weighted by Crippen LogP contribution is -2.29. The van der Waals surface area contributed by atoms with Crippen LogP contribution in [-0.2, 0) is 4.79 Å². The fraction of sp³-hybridized carbons (Fsp3) is 0.833. The maximum atomic E-state index is 12.4. The highest BCUT2D eigenvalue weighted by molar-refractivity contribution is 5.80. The summed E-state index contributed by atoms with van der Waals surface area (Å²) in [4.78, 5) is 10.5. The predicted octanol–water partition coefficient (Wildman–Crippen LogP) is 0.625. The van der Waals surface area contributed by atoms with Gasteiger partial charge in [-0.25, -0.2) is 4.39 Å². The van der Waals surface area contributed by atoms with E-state index in [0.717, 1.165) is 12.8 Å². The Balaban J connectivity index is 2.41. The van der Waals surface area contributed by atoms with E-state index in [1.54, 1.807) is 0 Å². The molecule has 3 heteroatoms. The lowest BCUT2D eigenvalue weighted by atomic mass is 10.2. The average Bonchev–Trinajstić information content (AvgIpc) is 1.99. The van der Waals surface area contributed by atoms with Crippen molar-refractivity contribution in [3.05, 3.63) is 0 Å². The molecule has 2 nitrogen and oxygen atoms in total.